The predicted molar refractivity (Wildman–Crippen MR) is 57.2 cm³/mol. The van der Waals surface area contributed by atoms with Gasteiger partial charge in [-0.25, -0.2) is 0 Å². The summed E-state index contributed by atoms with van der Waals surface area (Å²) in [6.45, 7) is 2.15. The van der Waals surface area contributed by atoms with Crippen LogP contribution in [-0.4, -0.2) is 5.78 Å². The highest BCUT2D eigenvalue weighted by Crippen LogP contribution is 2.34. The monoisotopic (exact) mass is 256 g/mol. The van der Waals surface area contributed by atoms with Crippen LogP contribution in [0.3, 0.4) is 0 Å². The molecule has 0 N–H and O–H groups in total. The molecule has 0 radical (unpaired) electrons. The molecule has 1 aliphatic rings. The molecule has 0 saturated heterocycles. The molecule has 1 fully saturated rings. The molecule has 1 aromatic rings. The van der Waals surface area contributed by atoms with Crippen molar-refractivity contribution in [2.75, 3.05) is 0 Å². The Labute approximate surface area is 91.8 Å². The third-order valence-corrected chi connectivity index (χ3v) is 3.44. The van der Waals surface area contributed by atoms with Crippen LogP contribution in [-0.2, 0) is 0 Å². The molecule has 0 spiro atoms. The van der Waals surface area contributed by atoms with Crippen LogP contribution in [0.5, 0.6) is 0 Å². The molecule has 1 heterocycles. The summed E-state index contributed by atoms with van der Waals surface area (Å²) < 4.78 is 5.90. The van der Waals surface area contributed by atoms with Gasteiger partial charge in [-0.05, 0) is 46.8 Å². The fraction of sp³-hybridized carbons (Fsp3) is 0.545. The van der Waals surface area contributed by atoms with E-state index < -0.39 is 0 Å². The highest BCUT2D eigenvalue weighted by atomic mass is 79.9. The number of carbonyl (C=O) groups excluding carboxylic acids is 1. The first kappa shape index (κ1) is 9.97. The van der Waals surface area contributed by atoms with Gasteiger partial charge in [-0.1, -0.05) is 13.3 Å². The molecule has 2 atom stereocenters. The van der Waals surface area contributed by atoms with Gasteiger partial charge in [0.1, 0.15) is 0 Å². The van der Waals surface area contributed by atoms with E-state index in [4.69, 9.17) is 4.42 Å². The maximum Gasteiger partial charge on any atom is 0.201 e. The van der Waals surface area contributed by atoms with Crippen molar-refractivity contribution >= 4 is 21.7 Å². The highest BCUT2D eigenvalue weighted by Gasteiger charge is 2.31. The van der Waals surface area contributed by atoms with Gasteiger partial charge in [0.05, 0.1) is 0 Å². The van der Waals surface area contributed by atoms with Gasteiger partial charge in [-0.2, -0.15) is 0 Å². The minimum absolute atomic E-state index is 0.167. The van der Waals surface area contributed by atoms with Crippen molar-refractivity contribution in [3.05, 3.63) is 22.6 Å². The molecule has 1 aliphatic carbocycles. The topological polar surface area (TPSA) is 30.2 Å². The Morgan fingerprint density at radius 1 is 1.50 bits per heavy atom. The lowest BCUT2D eigenvalue weighted by Crippen LogP contribution is -2.16. The van der Waals surface area contributed by atoms with Gasteiger partial charge < -0.3 is 4.42 Å². The first-order chi connectivity index (χ1) is 6.68. The van der Waals surface area contributed by atoms with E-state index in [0.717, 1.165) is 12.8 Å². The zero-order valence-corrected chi connectivity index (χ0v) is 9.71. The molecule has 1 aromatic heterocycles. The Bertz CT molecular complexity index is 343. The van der Waals surface area contributed by atoms with Gasteiger partial charge in [0.15, 0.2) is 10.4 Å². The van der Waals surface area contributed by atoms with Gasteiger partial charge in [-0.3, -0.25) is 4.79 Å². The summed E-state index contributed by atoms with van der Waals surface area (Å²) in [6.07, 6.45) is 3.34. The van der Waals surface area contributed by atoms with Crippen molar-refractivity contribution in [3.63, 3.8) is 0 Å². The van der Waals surface area contributed by atoms with E-state index in [0.29, 0.717) is 16.3 Å². The van der Waals surface area contributed by atoms with Crippen LogP contribution in [0.1, 0.15) is 36.7 Å². The van der Waals surface area contributed by atoms with E-state index in [1.807, 2.05) is 0 Å². The fourth-order valence-electron chi connectivity index (χ4n) is 2.16. The van der Waals surface area contributed by atoms with Crippen molar-refractivity contribution < 1.29 is 9.21 Å². The Balaban J connectivity index is 2.15. The predicted octanol–water partition coefficient (Wildman–Crippen LogP) is 3.66. The lowest BCUT2D eigenvalue weighted by molar-refractivity contribution is 0.0867. The highest BCUT2D eigenvalue weighted by molar-refractivity contribution is 9.10. The number of hydrogen-bond donors (Lipinski definition) is 0. The van der Waals surface area contributed by atoms with Gasteiger partial charge in [0.25, 0.3) is 0 Å². The summed E-state index contributed by atoms with van der Waals surface area (Å²) in [6, 6.07) is 3.52. The number of rotatable bonds is 2. The third kappa shape index (κ3) is 1.78. The van der Waals surface area contributed by atoms with Crippen LogP contribution in [0.2, 0.25) is 0 Å². The zero-order chi connectivity index (χ0) is 10.1. The number of halogens is 1. The van der Waals surface area contributed by atoms with Crippen LogP contribution >= 0.6 is 15.9 Å². The second-order valence-electron chi connectivity index (χ2n) is 3.98. The maximum atomic E-state index is 12.0. The number of hydrogen-bond acceptors (Lipinski definition) is 2. The standard InChI is InChI=1S/C11H13BrO2/c1-7-3-2-4-8(7)11(13)9-5-6-10(12)14-9/h5-8H,2-4H2,1H3. The quantitative estimate of drug-likeness (QED) is 0.757. The molecular formula is C11H13BrO2. The Hall–Kier alpha value is -0.570. The van der Waals surface area contributed by atoms with Gasteiger partial charge in [0, 0.05) is 5.92 Å². The first-order valence-electron chi connectivity index (χ1n) is 4.98. The van der Waals surface area contributed by atoms with Gasteiger partial charge >= 0.3 is 0 Å². The summed E-state index contributed by atoms with van der Waals surface area (Å²) in [5.74, 6) is 1.34. The van der Waals surface area contributed by atoms with Crippen molar-refractivity contribution in [2.45, 2.75) is 26.2 Å². The summed E-state index contributed by atoms with van der Waals surface area (Å²) >= 11 is 3.21. The molecule has 2 nitrogen and oxygen atoms in total. The van der Waals surface area contributed by atoms with Crippen LogP contribution in [0.25, 0.3) is 0 Å². The summed E-state index contributed by atoms with van der Waals surface area (Å²) in [4.78, 5) is 12.0. The average Bonchev–Trinajstić information content (AvgIpc) is 2.73. The van der Waals surface area contributed by atoms with Crippen molar-refractivity contribution in [1.29, 1.82) is 0 Å². The smallest absolute Gasteiger partial charge is 0.201 e. The molecule has 2 unspecified atom stereocenters. The van der Waals surface area contributed by atoms with Gasteiger partial charge in [-0.15, -0.1) is 0 Å². The summed E-state index contributed by atoms with van der Waals surface area (Å²) in [5.41, 5.74) is 0. The van der Waals surface area contributed by atoms with Crippen LogP contribution in [0, 0.1) is 11.8 Å². The van der Waals surface area contributed by atoms with Crippen LogP contribution in [0.15, 0.2) is 21.2 Å². The number of furan rings is 1. The van der Waals surface area contributed by atoms with Crippen molar-refractivity contribution in [1.82, 2.24) is 0 Å². The molecule has 0 aliphatic heterocycles. The molecule has 0 aromatic carbocycles. The minimum Gasteiger partial charge on any atom is -0.446 e. The maximum absolute atomic E-state index is 12.0. The van der Waals surface area contributed by atoms with Crippen LogP contribution in [0.4, 0.5) is 0 Å². The third-order valence-electron chi connectivity index (χ3n) is 3.01. The molecule has 1 saturated carbocycles. The molecule has 14 heavy (non-hydrogen) atoms. The van der Waals surface area contributed by atoms with E-state index >= 15 is 0 Å². The SMILES string of the molecule is CC1CCCC1C(=O)c1ccc(Br)o1. The second-order valence-corrected chi connectivity index (χ2v) is 4.76. The minimum atomic E-state index is 0.167. The molecule has 2 rings (SSSR count). The second kappa shape index (κ2) is 3.89. The molecule has 3 heteroatoms. The zero-order valence-electron chi connectivity index (χ0n) is 8.13. The number of carbonyl (C=O) groups is 1. The van der Waals surface area contributed by atoms with E-state index in [1.54, 1.807) is 12.1 Å². The normalized spacial score (nSPS) is 26.7. The molecular weight excluding hydrogens is 244 g/mol. The van der Waals surface area contributed by atoms with E-state index in [2.05, 4.69) is 22.9 Å². The summed E-state index contributed by atoms with van der Waals surface area (Å²) in [5, 5.41) is 0. The lowest BCUT2D eigenvalue weighted by Gasteiger charge is -2.11. The largest absolute Gasteiger partial charge is 0.446 e. The molecule has 0 bridgehead atoms. The van der Waals surface area contributed by atoms with Crippen molar-refractivity contribution in [3.8, 4) is 0 Å². The fourth-order valence-corrected chi connectivity index (χ4v) is 2.47. The molecule has 0 amide bonds. The van der Waals surface area contributed by atoms with Crippen molar-refractivity contribution in [2.24, 2.45) is 11.8 Å². The first-order valence-corrected chi connectivity index (χ1v) is 5.77. The summed E-state index contributed by atoms with van der Waals surface area (Å²) in [7, 11) is 0. The Morgan fingerprint density at radius 2 is 2.29 bits per heavy atom. The average molecular weight is 257 g/mol. The van der Waals surface area contributed by atoms with Gasteiger partial charge in [0.2, 0.25) is 5.78 Å². The van der Waals surface area contributed by atoms with E-state index in [9.17, 15) is 4.79 Å². The lowest BCUT2D eigenvalue weighted by atomic mass is 9.92. The number of ketones is 1. The Kier molecular flexibility index (Phi) is 2.77. The van der Waals surface area contributed by atoms with E-state index in [-0.39, 0.29) is 11.7 Å². The Morgan fingerprint density at radius 3 is 2.79 bits per heavy atom. The number of Topliss-reactive ketones (excluding diaryl/α,β-unsaturated/α-hetero) is 1. The van der Waals surface area contributed by atoms with Crippen LogP contribution < -0.4 is 0 Å². The molecule has 76 valence electrons. The van der Waals surface area contributed by atoms with E-state index in [1.165, 1.54) is 6.42 Å².